The summed E-state index contributed by atoms with van der Waals surface area (Å²) in [4.78, 5) is 29.0. The Morgan fingerprint density at radius 2 is 1.84 bits per heavy atom. The molecular formula is C29H23FN6O. The monoisotopic (exact) mass is 490 g/mol. The first-order valence-electron chi connectivity index (χ1n) is 12.0. The standard InChI is InChI=1S/C29H23FN6O/c1-19-33-26-17-32-25-9-7-20(5-6-21-4-3-11-31-16-21)14-23(25)29(26)36(19)22-8-10-27(24(30)15-22)35-13-12-34(2)28(37)18-35/h3-4,7-11,14-17H,12-13,18H2,1-2H3. The van der Waals surface area contributed by atoms with E-state index in [1.54, 1.807) is 41.5 Å². The SMILES string of the molecule is Cc1nc2cnc3ccc(C#Cc4cccnc4)cc3c2n1-c1ccc(N2CCN(C)C(=O)C2)c(F)c1. The second-order valence-corrected chi connectivity index (χ2v) is 9.08. The first-order valence-corrected chi connectivity index (χ1v) is 12.0. The quantitative estimate of drug-likeness (QED) is 0.349. The predicted molar refractivity (Wildman–Crippen MR) is 141 cm³/mol. The molecule has 7 nitrogen and oxygen atoms in total. The highest BCUT2D eigenvalue weighted by molar-refractivity contribution is 6.03. The molecule has 2 aromatic carbocycles. The molecule has 1 aliphatic rings. The Kier molecular flexibility index (Phi) is 5.53. The van der Waals surface area contributed by atoms with Crippen LogP contribution < -0.4 is 4.90 Å². The number of likely N-dealkylation sites (N-methyl/N-ethyl adjacent to an activating group) is 1. The van der Waals surface area contributed by atoms with Crippen LogP contribution in [0.1, 0.15) is 17.0 Å². The molecule has 182 valence electrons. The summed E-state index contributed by atoms with van der Waals surface area (Å²) in [6.45, 7) is 3.21. The van der Waals surface area contributed by atoms with Crippen LogP contribution in [0.2, 0.25) is 0 Å². The minimum atomic E-state index is -0.377. The second-order valence-electron chi connectivity index (χ2n) is 9.08. The number of carbonyl (C=O) groups is 1. The fourth-order valence-corrected chi connectivity index (χ4v) is 4.70. The van der Waals surface area contributed by atoms with Gasteiger partial charge in [-0.2, -0.15) is 0 Å². The van der Waals surface area contributed by atoms with Gasteiger partial charge < -0.3 is 9.80 Å². The third-order valence-electron chi connectivity index (χ3n) is 6.65. The van der Waals surface area contributed by atoms with Crippen molar-refractivity contribution in [2.24, 2.45) is 0 Å². The van der Waals surface area contributed by atoms with Gasteiger partial charge in [0, 0.05) is 55.1 Å². The van der Waals surface area contributed by atoms with Gasteiger partial charge in [-0.15, -0.1) is 0 Å². The Hall–Kier alpha value is -4.77. The van der Waals surface area contributed by atoms with E-state index in [0.717, 1.165) is 38.9 Å². The minimum Gasteiger partial charge on any atom is -0.358 e. The Morgan fingerprint density at radius 1 is 0.973 bits per heavy atom. The summed E-state index contributed by atoms with van der Waals surface area (Å²) >= 11 is 0. The van der Waals surface area contributed by atoms with E-state index >= 15 is 4.39 Å². The molecule has 4 heterocycles. The van der Waals surface area contributed by atoms with Crippen LogP contribution >= 0.6 is 0 Å². The lowest BCUT2D eigenvalue weighted by atomic mass is 10.1. The molecule has 0 N–H and O–H groups in total. The minimum absolute atomic E-state index is 0.0208. The molecule has 1 aliphatic heterocycles. The molecule has 1 amide bonds. The van der Waals surface area contributed by atoms with Crippen LogP contribution in [-0.2, 0) is 4.79 Å². The Labute approximate surface area is 213 Å². The van der Waals surface area contributed by atoms with Gasteiger partial charge in [-0.3, -0.25) is 19.3 Å². The summed E-state index contributed by atoms with van der Waals surface area (Å²) in [7, 11) is 1.76. The second kappa shape index (κ2) is 9.03. The summed E-state index contributed by atoms with van der Waals surface area (Å²) in [5, 5.41) is 0.880. The first-order chi connectivity index (χ1) is 18.0. The van der Waals surface area contributed by atoms with Gasteiger partial charge in [0.05, 0.1) is 35.1 Å². The average molecular weight is 491 g/mol. The molecule has 6 rings (SSSR count). The smallest absolute Gasteiger partial charge is 0.241 e. The van der Waals surface area contributed by atoms with Crippen LogP contribution in [0.3, 0.4) is 0 Å². The van der Waals surface area contributed by atoms with Crippen LogP contribution in [0.5, 0.6) is 0 Å². The molecule has 1 fully saturated rings. The third kappa shape index (κ3) is 4.15. The maximum Gasteiger partial charge on any atom is 0.241 e. The van der Waals surface area contributed by atoms with E-state index in [2.05, 4.69) is 21.8 Å². The van der Waals surface area contributed by atoms with Crippen molar-refractivity contribution in [3.05, 3.63) is 89.9 Å². The van der Waals surface area contributed by atoms with Gasteiger partial charge in [-0.05, 0) is 49.4 Å². The number of benzene rings is 2. The number of amides is 1. The first kappa shape index (κ1) is 22.7. The van der Waals surface area contributed by atoms with E-state index in [1.165, 1.54) is 6.07 Å². The van der Waals surface area contributed by atoms with Gasteiger partial charge in [-0.25, -0.2) is 9.37 Å². The van der Waals surface area contributed by atoms with Crippen molar-refractivity contribution in [3.8, 4) is 17.5 Å². The number of rotatable bonds is 2. The summed E-state index contributed by atoms with van der Waals surface area (Å²) in [6, 6.07) is 14.7. The topological polar surface area (TPSA) is 67.2 Å². The largest absolute Gasteiger partial charge is 0.358 e. The number of hydrogen-bond donors (Lipinski definition) is 0. The number of pyridine rings is 2. The molecule has 0 bridgehead atoms. The molecule has 0 saturated carbocycles. The Morgan fingerprint density at radius 3 is 2.62 bits per heavy atom. The molecule has 5 aromatic rings. The number of nitrogens with zero attached hydrogens (tertiary/aromatic N) is 6. The highest BCUT2D eigenvalue weighted by Gasteiger charge is 2.24. The summed E-state index contributed by atoms with van der Waals surface area (Å²) in [5.74, 6) is 6.66. The van der Waals surface area contributed by atoms with E-state index in [-0.39, 0.29) is 18.3 Å². The molecule has 37 heavy (non-hydrogen) atoms. The highest BCUT2D eigenvalue weighted by Crippen LogP contribution is 2.30. The number of piperazine rings is 1. The van der Waals surface area contributed by atoms with Crippen molar-refractivity contribution in [3.63, 3.8) is 0 Å². The van der Waals surface area contributed by atoms with Gasteiger partial charge in [-0.1, -0.05) is 11.8 Å². The molecule has 0 aliphatic carbocycles. The molecule has 3 aromatic heterocycles. The normalized spacial score (nSPS) is 13.8. The van der Waals surface area contributed by atoms with E-state index < -0.39 is 0 Å². The lowest BCUT2D eigenvalue weighted by molar-refractivity contribution is -0.129. The molecule has 0 radical (unpaired) electrons. The Bertz CT molecular complexity index is 1730. The lowest BCUT2D eigenvalue weighted by Gasteiger charge is -2.33. The van der Waals surface area contributed by atoms with Crippen molar-refractivity contribution >= 4 is 33.5 Å². The summed E-state index contributed by atoms with van der Waals surface area (Å²) in [6.07, 6.45) is 5.18. The van der Waals surface area contributed by atoms with Gasteiger partial charge in [0.15, 0.2) is 0 Å². The average Bonchev–Trinajstić information content (AvgIpc) is 3.26. The van der Waals surface area contributed by atoms with Crippen LogP contribution in [0.4, 0.5) is 10.1 Å². The van der Waals surface area contributed by atoms with Crippen LogP contribution in [0.25, 0.3) is 27.6 Å². The van der Waals surface area contributed by atoms with Crippen LogP contribution in [0, 0.1) is 24.6 Å². The molecule has 0 atom stereocenters. The maximum atomic E-state index is 15.4. The van der Waals surface area contributed by atoms with Gasteiger partial charge in [0.25, 0.3) is 0 Å². The predicted octanol–water partition coefficient (Wildman–Crippen LogP) is 4.09. The van der Waals surface area contributed by atoms with Gasteiger partial charge in [0.1, 0.15) is 17.2 Å². The molecular weight excluding hydrogens is 467 g/mol. The zero-order chi connectivity index (χ0) is 25.5. The number of halogens is 1. The van der Waals surface area contributed by atoms with Gasteiger partial charge >= 0.3 is 0 Å². The van der Waals surface area contributed by atoms with Crippen molar-refractivity contribution in [1.29, 1.82) is 0 Å². The number of aryl methyl sites for hydroxylation is 1. The van der Waals surface area contributed by atoms with Crippen molar-refractivity contribution in [2.75, 3.05) is 31.6 Å². The molecule has 1 saturated heterocycles. The zero-order valence-electron chi connectivity index (χ0n) is 20.4. The Balaban J connectivity index is 1.44. The highest BCUT2D eigenvalue weighted by atomic mass is 19.1. The lowest BCUT2D eigenvalue weighted by Crippen LogP contribution is -2.48. The number of fused-ring (bicyclic) bond motifs is 3. The van der Waals surface area contributed by atoms with Crippen molar-refractivity contribution < 1.29 is 9.18 Å². The van der Waals surface area contributed by atoms with Gasteiger partial charge in [0.2, 0.25) is 5.91 Å². The van der Waals surface area contributed by atoms with Crippen molar-refractivity contribution in [2.45, 2.75) is 6.92 Å². The van der Waals surface area contributed by atoms with E-state index in [9.17, 15) is 4.79 Å². The van der Waals surface area contributed by atoms with E-state index in [1.807, 2.05) is 47.9 Å². The maximum absolute atomic E-state index is 15.4. The van der Waals surface area contributed by atoms with Crippen LogP contribution in [0.15, 0.2) is 67.1 Å². The third-order valence-corrected chi connectivity index (χ3v) is 6.65. The fourth-order valence-electron chi connectivity index (χ4n) is 4.70. The number of carbonyl (C=O) groups excluding carboxylic acids is 1. The van der Waals surface area contributed by atoms with Crippen molar-refractivity contribution in [1.82, 2.24) is 24.4 Å². The molecule has 0 spiro atoms. The van der Waals surface area contributed by atoms with E-state index in [0.29, 0.717) is 24.5 Å². The molecule has 8 heteroatoms. The number of aromatic nitrogens is 4. The fraction of sp³-hybridized carbons (Fsp3) is 0.172. The number of anilines is 1. The number of imidazole rings is 1. The molecule has 0 unspecified atom stereocenters. The zero-order valence-corrected chi connectivity index (χ0v) is 20.4. The summed E-state index contributed by atoms with van der Waals surface area (Å²) < 4.78 is 17.3. The van der Waals surface area contributed by atoms with Crippen LogP contribution in [-0.4, -0.2) is 57.0 Å². The number of hydrogen-bond acceptors (Lipinski definition) is 5. The van der Waals surface area contributed by atoms with E-state index in [4.69, 9.17) is 4.98 Å². The summed E-state index contributed by atoms with van der Waals surface area (Å²) in [5.41, 5.74) is 5.10.